The van der Waals surface area contributed by atoms with Crippen molar-refractivity contribution in [2.24, 2.45) is 0 Å². The number of carbonyl (C=O) groups excluding carboxylic acids is 3. The summed E-state index contributed by atoms with van der Waals surface area (Å²) in [7, 11) is 1.54. The molecule has 0 aliphatic carbocycles. The van der Waals surface area contributed by atoms with Crippen LogP contribution in [-0.4, -0.2) is 44.4 Å². The summed E-state index contributed by atoms with van der Waals surface area (Å²) in [5.74, 6) is -0.660. The Kier molecular flexibility index (Phi) is 7.97. The third kappa shape index (κ3) is 7.06. The van der Waals surface area contributed by atoms with Gasteiger partial charge in [0.2, 0.25) is 11.8 Å². The Morgan fingerprint density at radius 3 is 2.48 bits per heavy atom. The van der Waals surface area contributed by atoms with Gasteiger partial charge in [0, 0.05) is 32.1 Å². The van der Waals surface area contributed by atoms with Crippen molar-refractivity contribution in [1.29, 1.82) is 0 Å². The summed E-state index contributed by atoms with van der Waals surface area (Å²) < 4.78 is 4.80. The lowest BCUT2D eigenvalue weighted by atomic mass is 9.99. The molecule has 6 heteroatoms. The summed E-state index contributed by atoms with van der Waals surface area (Å²) in [6.45, 7) is 4.52. The molecule has 0 heterocycles. The van der Waals surface area contributed by atoms with Crippen LogP contribution in [0.25, 0.3) is 0 Å². The van der Waals surface area contributed by atoms with Gasteiger partial charge in [0.1, 0.15) is 0 Å². The molecule has 0 bridgehead atoms. The van der Waals surface area contributed by atoms with Crippen LogP contribution in [0.3, 0.4) is 0 Å². The van der Waals surface area contributed by atoms with Crippen molar-refractivity contribution in [3.05, 3.63) is 34.9 Å². The van der Waals surface area contributed by atoms with Crippen molar-refractivity contribution in [1.82, 2.24) is 10.6 Å². The minimum Gasteiger partial charge on any atom is -0.383 e. The van der Waals surface area contributed by atoms with Crippen LogP contribution in [-0.2, 0) is 14.3 Å². The Labute approximate surface area is 136 Å². The Hall–Kier alpha value is -2.21. The number of hydrogen-bond donors (Lipinski definition) is 2. The molecule has 6 nitrogen and oxygen atoms in total. The number of carbonyl (C=O) groups is 3. The number of Topliss-reactive ketones (excluding diaryl/α,β-unsaturated/α-hetero) is 1. The molecule has 0 saturated heterocycles. The molecular formula is C17H24N2O4. The van der Waals surface area contributed by atoms with Crippen molar-refractivity contribution >= 4 is 17.6 Å². The average Bonchev–Trinajstić information content (AvgIpc) is 2.53. The lowest BCUT2D eigenvalue weighted by Crippen LogP contribution is -2.38. The third-order valence-electron chi connectivity index (χ3n) is 3.35. The highest BCUT2D eigenvalue weighted by atomic mass is 16.5. The fourth-order valence-corrected chi connectivity index (χ4v) is 2.02. The summed E-state index contributed by atoms with van der Waals surface area (Å²) in [4.78, 5) is 35.3. The SMILES string of the molecule is COCCNC(=O)CNC(=O)CCC(=O)c1cc(C)ccc1C. The monoisotopic (exact) mass is 320 g/mol. The van der Waals surface area contributed by atoms with E-state index in [1.807, 2.05) is 32.0 Å². The van der Waals surface area contributed by atoms with Crippen molar-refractivity contribution in [3.63, 3.8) is 0 Å². The summed E-state index contributed by atoms with van der Waals surface area (Å²) in [5.41, 5.74) is 2.56. The fourth-order valence-electron chi connectivity index (χ4n) is 2.02. The van der Waals surface area contributed by atoms with Crippen LogP contribution >= 0.6 is 0 Å². The standard InChI is InChI=1S/C17H24N2O4/c1-12-4-5-13(2)14(10-12)15(20)6-7-16(21)19-11-17(22)18-8-9-23-3/h4-5,10H,6-9,11H2,1-3H3,(H,18,22)(H,19,21). The Morgan fingerprint density at radius 1 is 1.04 bits per heavy atom. The number of amides is 2. The van der Waals surface area contributed by atoms with Gasteiger partial charge < -0.3 is 15.4 Å². The fraction of sp³-hybridized carbons (Fsp3) is 0.471. The van der Waals surface area contributed by atoms with E-state index in [9.17, 15) is 14.4 Å². The first-order valence-corrected chi connectivity index (χ1v) is 7.57. The molecule has 1 rings (SSSR count). The Bertz CT molecular complexity index is 570. The second-order valence-corrected chi connectivity index (χ2v) is 5.36. The van der Waals surface area contributed by atoms with Crippen LogP contribution in [0.1, 0.15) is 34.3 Å². The molecule has 23 heavy (non-hydrogen) atoms. The van der Waals surface area contributed by atoms with Crippen LogP contribution in [0.4, 0.5) is 0 Å². The zero-order valence-corrected chi connectivity index (χ0v) is 13.9. The highest BCUT2D eigenvalue weighted by Gasteiger charge is 2.12. The maximum absolute atomic E-state index is 12.2. The predicted molar refractivity (Wildman–Crippen MR) is 87.4 cm³/mol. The van der Waals surface area contributed by atoms with E-state index in [-0.39, 0.29) is 37.0 Å². The first kappa shape index (κ1) is 18.8. The number of rotatable bonds is 9. The summed E-state index contributed by atoms with van der Waals surface area (Å²) >= 11 is 0. The Balaban J connectivity index is 2.34. The van der Waals surface area contributed by atoms with Gasteiger partial charge >= 0.3 is 0 Å². The van der Waals surface area contributed by atoms with Gasteiger partial charge in [-0.15, -0.1) is 0 Å². The number of methoxy groups -OCH3 is 1. The molecule has 0 radical (unpaired) electrons. The van der Waals surface area contributed by atoms with E-state index < -0.39 is 0 Å². The largest absolute Gasteiger partial charge is 0.383 e. The van der Waals surface area contributed by atoms with Crippen molar-refractivity contribution in [3.8, 4) is 0 Å². The first-order chi connectivity index (χ1) is 10.9. The zero-order valence-electron chi connectivity index (χ0n) is 13.9. The molecule has 1 aromatic carbocycles. The highest BCUT2D eigenvalue weighted by Crippen LogP contribution is 2.13. The number of ether oxygens (including phenoxy) is 1. The maximum Gasteiger partial charge on any atom is 0.239 e. The molecule has 1 aromatic rings. The van der Waals surface area contributed by atoms with Crippen molar-refractivity contribution in [2.75, 3.05) is 26.8 Å². The molecule has 0 unspecified atom stereocenters. The zero-order chi connectivity index (χ0) is 17.2. The van der Waals surface area contributed by atoms with Crippen LogP contribution in [0.5, 0.6) is 0 Å². The summed E-state index contributed by atoms with van der Waals surface area (Å²) in [6.07, 6.45) is 0.193. The van der Waals surface area contributed by atoms with Crippen LogP contribution < -0.4 is 10.6 Å². The molecule has 0 aliphatic heterocycles. The topological polar surface area (TPSA) is 84.5 Å². The molecule has 0 fully saturated rings. The van der Waals surface area contributed by atoms with Crippen LogP contribution in [0.2, 0.25) is 0 Å². The van der Waals surface area contributed by atoms with Crippen LogP contribution in [0, 0.1) is 13.8 Å². The van der Waals surface area contributed by atoms with Gasteiger partial charge in [0.15, 0.2) is 5.78 Å². The first-order valence-electron chi connectivity index (χ1n) is 7.57. The molecule has 0 atom stereocenters. The van der Waals surface area contributed by atoms with Gasteiger partial charge in [0.25, 0.3) is 0 Å². The molecule has 0 saturated carbocycles. The normalized spacial score (nSPS) is 10.2. The lowest BCUT2D eigenvalue weighted by molar-refractivity contribution is -0.126. The molecule has 0 aliphatic rings. The number of nitrogens with one attached hydrogen (secondary N) is 2. The molecule has 0 spiro atoms. The maximum atomic E-state index is 12.2. The van der Waals surface area contributed by atoms with E-state index >= 15 is 0 Å². The minimum atomic E-state index is -0.314. The predicted octanol–water partition coefficient (Wildman–Crippen LogP) is 1.15. The van der Waals surface area contributed by atoms with E-state index in [0.717, 1.165) is 11.1 Å². The van der Waals surface area contributed by atoms with Gasteiger partial charge in [0.05, 0.1) is 13.2 Å². The van der Waals surface area contributed by atoms with Gasteiger partial charge in [-0.1, -0.05) is 17.7 Å². The van der Waals surface area contributed by atoms with E-state index in [0.29, 0.717) is 18.7 Å². The van der Waals surface area contributed by atoms with E-state index in [1.54, 1.807) is 7.11 Å². The molecule has 2 amide bonds. The second-order valence-electron chi connectivity index (χ2n) is 5.36. The minimum absolute atomic E-state index is 0.0640. The molecule has 126 valence electrons. The summed E-state index contributed by atoms with van der Waals surface area (Å²) in [6, 6.07) is 5.67. The van der Waals surface area contributed by atoms with Gasteiger partial charge in [-0.25, -0.2) is 0 Å². The van der Waals surface area contributed by atoms with Gasteiger partial charge in [-0.2, -0.15) is 0 Å². The van der Waals surface area contributed by atoms with E-state index in [4.69, 9.17) is 4.74 Å². The third-order valence-corrected chi connectivity index (χ3v) is 3.35. The summed E-state index contributed by atoms with van der Waals surface area (Å²) in [5, 5.41) is 5.10. The molecule has 2 N–H and O–H groups in total. The smallest absolute Gasteiger partial charge is 0.239 e. The quantitative estimate of drug-likeness (QED) is 0.528. The number of ketones is 1. The van der Waals surface area contributed by atoms with Crippen LogP contribution in [0.15, 0.2) is 18.2 Å². The number of benzene rings is 1. The van der Waals surface area contributed by atoms with Crippen molar-refractivity contribution < 1.29 is 19.1 Å². The number of hydrogen-bond acceptors (Lipinski definition) is 4. The van der Waals surface area contributed by atoms with Gasteiger partial charge in [-0.3, -0.25) is 14.4 Å². The van der Waals surface area contributed by atoms with E-state index in [2.05, 4.69) is 10.6 Å². The van der Waals surface area contributed by atoms with Crippen molar-refractivity contribution in [2.45, 2.75) is 26.7 Å². The average molecular weight is 320 g/mol. The highest BCUT2D eigenvalue weighted by molar-refractivity contribution is 5.99. The van der Waals surface area contributed by atoms with Gasteiger partial charge in [-0.05, 0) is 25.5 Å². The lowest BCUT2D eigenvalue weighted by Gasteiger charge is -2.08. The second kappa shape index (κ2) is 9.74. The molecule has 0 aromatic heterocycles. The molecular weight excluding hydrogens is 296 g/mol. The number of aryl methyl sites for hydroxylation is 2. The Morgan fingerprint density at radius 2 is 1.78 bits per heavy atom. The van der Waals surface area contributed by atoms with E-state index in [1.165, 1.54) is 0 Å².